The highest BCUT2D eigenvalue weighted by Gasteiger charge is 2.28. The quantitative estimate of drug-likeness (QED) is 0.705. The third kappa shape index (κ3) is 4.80. The first kappa shape index (κ1) is 13.7. The number of nitrogens with one attached hydrogen (secondary N) is 1. The van der Waals surface area contributed by atoms with Gasteiger partial charge in [-0.1, -0.05) is 6.92 Å². The molecule has 2 nitrogen and oxygen atoms in total. The summed E-state index contributed by atoms with van der Waals surface area (Å²) >= 11 is 2.08. The second-order valence-electron chi connectivity index (χ2n) is 5.61. The van der Waals surface area contributed by atoms with Crippen molar-refractivity contribution in [3.05, 3.63) is 0 Å². The second-order valence-corrected chi connectivity index (χ2v) is 7.00. The molecule has 1 aliphatic heterocycles. The van der Waals surface area contributed by atoms with E-state index in [9.17, 15) is 0 Å². The van der Waals surface area contributed by atoms with E-state index in [-0.39, 0.29) is 0 Å². The van der Waals surface area contributed by atoms with E-state index < -0.39 is 0 Å². The van der Waals surface area contributed by atoms with Crippen LogP contribution in [0.4, 0.5) is 0 Å². The second kappa shape index (κ2) is 7.01. The molecule has 2 aliphatic rings. The molecule has 17 heavy (non-hydrogen) atoms. The van der Waals surface area contributed by atoms with Gasteiger partial charge in [-0.2, -0.15) is 11.8 Å². The maximum absolute atomic E-state index is 3.80. The van der Waals surface area contributed by atoms with Crippen LogP contribution in [-0.2, 0) is 0 Å². The van der Waals surface area contributed by atoms with Crippen molar-refractivity contribution < 1.29 is 0 Å². The van der Waals surface area contributed by atoms with Gasteiger partial charge in [0.05, 0.1) is 0 Å². The Hall–Kier alpha value is 0.270. The Morgan fingerprint density at radius 3 is 2.82 bits per heavy atom. The van der Waals surface area contributed by atoms with Gasteiger partial charge in [0.15, 0.2) is 0 Å². The van der Waals surface area contributed by atoms with Gasteiger partial charge in [0.25, 0.3) is 0 Å². The lowest BCUT2D eigenvalue weighted by molar-refractivity contribution is 0.142. The molecule has 0 bridgehead atoms. The van der Waals surface area contributed by atoms with Crippen molar-refractivity contribution in [2.24, 2.45) is 0 Å². The number of likely N-dealkylation sites (tertiary alicyclic amines) is 1. The van der Waals surface area contributed by atoms with Gasteiger partial charge in [-0.3, -0.25) is 4.90 Å². The van der Waals surface area contributed by atoms with Crippen molar-refractivity contribution in [3.63, 3.8) is 0 Å². The predicted octanol–water partition coefficient (Wildman–Crippen LogP) is 2.73. The van der Waals surface area contributed by atoms with Crippen LogP contribution in [0, 0.1) is 0 Å². The summed E-state index contributed by atoms with van der Waals surface area (Å²) in [5.41, 5.74) is 0. The molecular formula is C14H28N2S. The van der Waals surface area contributed by atoms with Gasteiger partial charge in [-0.15, -0.1) is 0 Å². The maximum Gasteiger partial charge on any atom is 0.0198 e. The standard InChI is InChI=1S/C14H28N2S/c1-3-17-10-8-12(2)16-9-4-5-14(11-16)15-13-6-7-13/h12-15H,3-11H2,1-2H3. The largest absolute Gasteiger partial charge is 0.310 e. The highest BCUT2D eigenvalue weighted by atomic mass is 32.2. The lowest BCUT2D eigenvalue weighted by atomic mass is 10.0. The molecule has 0 spiro atoms. The molecule has 2 unspecified atom stereocenters. The van der Waals surface area contributed by atoms with E-state index in [0.717, 1.165) is 18.1 Å². The molecule has 0 amide bonds. The van der Waals surface area contributed by atoms with Crippen molar-refractivity contribution in [1.29, 1.82) is 0 Å². The summed E-state index contributed by atoms with van der Waals surface area (Å²) in [7, 11) is 0. The summed E-state index contributed by atoms with van der Waals surface area (Å²) in [5.74, 6) is 2.59. The molecule has 0 aromatic heterocycles. The van der Waals surface area contributed by atoms with Crippen LogP contribution in [0.15, 0.2) is 0 Å². The molecule has 0 aromatic rings. The van der Waals surface area contributed by atoms with Crippen molar-refractivity contribution in [1.82, 2.24) is 10.2 Å². The van der Waals surface area contributed by atoms with Gasteiger partial charge >= 0.3 is 0 Å². The monoisotopic (exact) mass is 256 g/mol. The van der Waals surface area contributed by atoms with Crippen molar-refractivity contribution in [2.45, 2.75) is 64.1 Å². The van der Waals surface area contributed by atoms with E-state index in [0.29, 0.717) is 0 Å². The molecule has 3 heteroatoms. The zero-order valence-corrected chi connectivity index (χ0v) is 12.3. The van der Waals surface area contributed by atoms with Crippen LogP contribution in [0.1, 0.15) is 46.0 Å². The van der Waals surface area contributed by atoms with Crippen molar-refractivity contribution in [2.75, 3.05) is 24.6 Å². The van der Waals surface area contributed by atoms with Gasteiger partial charge in [0, 0.05) is 24.7 Å². The van der Waals surface area contributed by atoms with E-state index in [4.69, 9.17) is 0 Å². The summed E-state index contributed by atoms with van der Waals surface area (Å²) in [5, 5.41) is 3.80. The smallest absolute Gasteiger partial charge is 0.0198 e. The SMILES string of the molecule is CCSCCC(C)N1CCCC(NC2CC2)C1. The molecule has 2 rings (SSSR count). The molecule has 1 saturated carbocycles. The van der Waals surface area contributed by atoms with Crippen LogP contribution in [0.3, 0.4) is 0 Å². The van der Waals surface area contributed by atoms with Crippen molar-refractivity contribution >= 4 is 11.8 Å². The van der Waals surface area contributed by atoms with Crippen LogP contribution >= 0.6 is 11.8 Å². The minimum absolute atomic E-state index is 0.775. The molecule has 1 heterocycles. The number of rotatable bonds is 7. The Morgan fingerprint density at radius 2 is 2.12 bits per heavy atom. The number of nitrogens with zero attached hydrogens (tertiary/aromatic N) is 1. The number of piperidine rings is 1. The molecule has 1 N–H and O–H groups in total. The number of hydrogen-bond donors (Lipinski definition) is 1. The molecule has 1 aliphatic carbocycles. The third-order valence-electron chi connectivity index (χ3n) is 4.01. The van der Waals surface area contributed by atoms with E-state index in [1.807, 2.05) is 0 Å². The average molecular weight is 256 g/mol. The van der Waals surface area contributed by atoms with Gasteiger partial charge in [-0.25, -0.2) is 0 Å². The normalized spacial score (nSPS) is 28.2. The predicted molar refractivity (Wildman–Crippen MR) is 77.8 cm³/mol. The summed E-state index contributed by atoms with van der Waals surface area (Å²) in [6.07, 6.45) is 6.96. The van der Waals surface area contributed by atoms with Crippen LogP contribution < -0.4 is 5.32 Å². The van der Waals surface area contributed by atoms with Gasteiger partial charge < -0.3 is 5.32 Å². The third-order valence-corrected chi connectivity index (χ3v) is 4.94. The minimum Gasteiger partial charge on any atom is -0.310 e. The topological polar surface area (TPSA) is 15.3 Å². The Labute approximate surface area is 111 Å². The van der Waals surface area contributed by atoms with Crippen LogP contribution in [0.25, 0.3) is 0 Å². The van der Waals surface area contributed by atoms with Gasteiger partial charge in [0.1, 0.15) is 0 Å². The number of thioether (sulfide) groups is 1. The summed E-state index contributed by atoms with van der Waals surface area (Å²) in [6, 6.07) is 2.42. The lowest BCUT2D eigenvalue weighted by Gasteiger charge is -2.37. The van der Waals surface area contributed by atoms with Crippen LogP contribution in [0.2, 0.25) is 0 Å². The van der Waals surface area contributed by atoms with Gasteiger partial charge in [-0.05, 0) is 57.1 Å². The first-order chi connectivity index (χ1) is 8.29. The van der Waals surface area contributed by atoms with Crippen LogP contribution in [-0.4, -0.2) is 47.6 Å². The highest BCUT2D eigenvalue weighted by molar-refractivity contribution is 7.99. The fourth-order valence-corrected chi connectivity index (χ4v) is 3.50. The molecule has 1 saturated heterocycles. The Morgan fingerprint density at radius 1 is 1.29 bits per heavy atom. The molecule has 2 fully saturated rings. The van der Waals surface area contributed by atoms with Gasteiger partial charge in [0.2, 0.25) is 0 Å². The van der Waals surface area contributed by atoms with Crippen molar-refractivity contribution in [3.8, 4) is 0 Å². The van der Waals surface area contributed by atoms with E-state index in [2.05, 4.69) is 35.8 Å². The first-order valence-corrected chi connectivity index (χ1v) is 8.53. The van der Waals surface area contributed by atoms with E-state index in [1.165, 1.54) is 56.7 Å². The molecular weight excluding hydrogens is 228 g/mol. The van der Waals surface area contributed by atoms with Crippen LogP contribution in [0.5, 0.6) is 0 Å². The Balaban J connectivity index is 1.67. The maximum atomic E-state index is 3.80. The molecule has 2 atom stereocenters. The molecule has 0 radical (unpaired) electrons. The zero-order valence-electron chi connectivity index (χ0n) is 11.5. The zero-order chi connectivity index (χ0) is 12.1. The lowest BCUT2D eigenvalue weighted by Crippen LogP contribution is -2.49. The fraction of sp³-hybridized carbons (Fsp3) is 1.00. The highest BCUT2D eigenvalue weighted by Crippen LogP contribution is 2.23. The first-order valence-electron chi connectivity index (χ1n) is 7.37. The Kier molecular flexibility index (Phi) is 5.64. The summed E-state index contributed by atoms with van der Waals surface area (Å²) in [6.45, 7) is 7.27. The molecule has 0 aromatic carbocycles. The molecule has 100 valence electrons. The Bertz CT molecular complexity index is 218. The number of hydrogen-bond acceptors (Lipinski definition) is 3. The summed E-state index contributed by atoms with van der Waals surface area (Å²) in [4.78, 5) is 2.71. The fourth-order valence-electron chi connectivity index (χ4n) is 2.71. The average Bonchev–Trinajstić information content (AvgIpc) is 3.13. The summed E-state index contributed by atoms with van der Waals surface area (Å²) < 4.78 is 0. The minimum atomic E-state index is 0.775. The van der Waals surface area contributed by atoms with E-state index >= 15 is 0 Å². The van der Waals surface area contributed by atoms with E-state index in [1.54, 1.807) is 0 Å².